The molecule has 0 spiro atoms. The van der Waals surface area contributed by atoms with Crippen molar-refractivity contribution in [3.63, 3.8) is 0 Å². The Morgan fingerprint density at radius 3 is 1.97 bits per heavy atom. The van der Waals surface area contributed by atoms with Crippen LogP contribution in [0.5, 0.6) is 0 Å². The molecule has 0 saturated heterocycles. The molecule has 1 aliphatic carbocycles. The second-order valence-corrected chi connectivity index (χ2v) is 8.44. The van der Waals surface area contributed by atoms with Crippen LogP contribution in [0.2, 0.25) is 0 Å². The van der Waals surface area contributed by atoms with Crippen LogP contribution < -0.4 is 5.32 Å². The molecule has 0 radical (unpaired) electrons. The molecule has 1 atom stereocenters. The van der Waals surface area contributed by atoms with Crippen molar-refractivity contribution in [2.24, 2.45) is 0 Å². The Balaban J connectivity index is 1.71. The summed E-state index contributed by atoms with van der Waals surface area (Å²) in [5.41, 5.74) is 2.39. The molecule has 0 bridgehead atoms. The van der Waals surface area contributed by atoms with Gasteiger partial charge in [0.2, 0.25) is 5.91 Å². The van der Waals surface area contributed by atoms with Gasteiger partial charge in [0.25, 0.3) is 5.91 Å². The molecular formula is C28H30N2O2. The summed E-state index contributed by atoms with van der Waals surface area (Å²) in [5, 5.41) is 3.26. The summed E-state index contributed by atoms with van der Waals surface area (Å²) >= 11 is 0. The number of hydrogen-bond donors (Lipinski definition) is 1. The van der Waals surface area contributed by atoms with Gasteiger partial charge in [0, 0.05) is 18.2 Å². The first kappa shape index (κ1) is 21.8. The molecule has 4 rings (SSSR count). The van der Waals surface area contributed by atoms with Gasteiger partial charge < -0.3 is 10.2 Å². The summed E-state index contributed by atoms with van der Waals surface area (Å²) in [6, 6.07) is 28.2. The van der Waals surface area contributed by atoms with Crippen molar-refractivity contribution in [1.82, 2.24) is 10.2 Å². The maximum Gasteiger partial charge on any atom is 0.255 e. The first-order valence-electron chi connectivity index (χ1n) is 11.5. The van der Waals surface area contributed by atoms with Crippen LogP contribution >= 0.6 is 0 Å². The van der Waals surface area contributed by atoms with E-state index in [1.165, 1.54) is 6.42 Å². The first-order valence-corrected chi connectivity index (χ1v) is 11.5. The lowest BCUT2D eigenvalue weighted by molar-refractivity contribution is -0.127. The highest BCUT2D eigenvalue weighted by Gasteiger charge is 2.33. The molecule has 1 fully saturated rings. The Morgan fingerprint density at radius 1 is 0.781 bits per heavy atom. The number of rotatable bonds is 7. The van der Waals surface area contributed by atoms with Crippen LogP contribution in [0.1, 0.15) is 59.6 Å². The fourth-order valence-electron chi connectivity index (χ4n) is 4.44. The topological polar surface area (TPSA) is 49.4 Å². The molecule has 3 aromatic rings. The van der Waals surface area contributed by atoms with Gasteiger partial charge in [-0.2, -0.15) is 0 Å². The minimum Gasteiger partial charge on any atom is -0.351 e. The fourth-order valence-corrected chi connectivity index (χ4v) is 4.44. The minimum absolute atomic E-state index is 0.108. The normalized spacial score (nSPS) is 15.0. The van der Waals surface area contributed by atoms with Gasteiger partial charge in [-0.05, 0) is 36.1 Å². The molecule has 164 valence electrons. The van der Waals surface area contributed by atoms with E-state index < -0.39 is 6.04 Å². The van der Waals surface area contributed by atoms with Crippen molar-refractivity contribution in [2.45, 2.75) is 50.7 Å². The number of benzene rings is 3. The number of nitrogens with zero attached hydrogens (tertiary/aromatic N) is 1. The first-order chi connectivity index (χ1) is 15.7. The summed E-state index contributed by atoms with van der Waals surface area (Å²) in [6.45, 7) is 0.353. The standard InChI is InChI=1S/C28H30N2O2/c31-27(29-25-19-11-4-12-20-25)26(23-15-7-2-8-16-23)30(21-22-13-5-1-6-14-22)28(32)24-17-9-3-10-18-24/h1-3,5-10,13-18,25-26H,4,11-12,19-21H2,(H,29,31)/t26-/m0/s1. The Bertz CT molecular complexity index is 999. The molecule has 32 heavy (non-hydrogen) atoms. The minimum atomic E-state index is -0.703. The van der Waals surface area contributed by atoms with Crippen molar-refractivity contribution >= 4 is 11.8 Å². The molecule has 0 heterocycles. The third kappa shape index (κ3) is 5.44. The van der Waals surface area contributed by atoms with Crippen LogP contribution in [0, 0.1) is 0 Å². The van der Waals surface area contributed by atoms with Gasteiger partial charge in [-0.3, -0.25) is 9.59 Å². The molecule has 0 aromatic heterocycles. The van der Waals surface area contributed by atoms with E-state index in [1.54, 1.807) is 17.0 Å². The largest absolute Gasteiger partial charge is 0.351 e. The van der Waals surface area contributed by atoms with Gasteiger partial charge in [0.1, 0.15) is 6.04 Å². The van der Waals surface area contributed by atoms with Gasteiger partial charge >= 0.3 is 0 Å². The number of carbonyl (C=O) groups excluding carboxylic acids is 2. The SMILES string of the molecule is O=C(NC1CCCCC1)[C@H](c1ccccc1)N(Cc1ccccc1)C(=O)c1ccccc1. The third-order valence-corrected chi connectivity index (χ3v) is 6.10. The molecule has 0 unspecified atom stereocenters. The van der Waals surface area contributed by atoms with Crippen molar-refractivity contribution < 1.29 is 9.59 Å². The third-order valence-electron chi connectivity index (χ3n) is 6.10. The molecule has 1 saturated carbocycles. The highest BCUT2D eigenvalue weighted by atomic mass is 16.2. The van der Waals surface area contributed by atoms with E-state index in [0.29, 0.717) is 12.1 Å². The summed E-state index contributed by atoms with van der Waals surface area (Å²) in [7, 11) is 0. The van der Waals surface area contributed by atoms with E-state index in [4.69, 9.17) is 0 Å². The van der Waals surface area contributed by atoms with Crippen LogP contribution in [0.15, 0.2) is 91.0 Å². The van der Waals surface area contributed by atoms with Gasteiger partial charge in [-0.15, -0.1) is 0 Å². The Hall–Kier alpha value is -3.40. The van der Waals surface area contributed by atoms with Crippen LogP contribution in [0.25, 0.3) is 0 Å². The zero-order valence-corrected chi connectivity index (χ0v) is 18.3. The molecule has 4 nitrogen and oxygen atoms in total. The van der Waals surface area contributed by atoms with Crippen molar-refractivity contribution in [1.29, 1.82) is 0 Å². The molecular weight excluding hydrogens is 396 g/mol. The average Bonchev–Trinajstić information content (AvgIpc) is 2.86. The van der Waals surface area contributed by atoms with E-state index in [-0.39, 0.29) is 17.9 Å². The van der Waals surface area contributed by atoms with Crippen LogP contribution in [-0.2, 0) is 11.3 Å². The predicted molar refractivity (Wildman–Crippen MR) is 127 cm³/mol. The van der Waals surface area contributed by atoms with Crippen molar-refractivity contribution in [2.75, 3.05) is 0 Å². The maximum absolute atomic E-state index is 13.7. The van der Waals surface area contributed by atoms with E-state index in [2.05, 4.69) is 5.32 Å². The number of amides is 2. The maximum atomic E-state index is 13.7. The van der Waals surface area contributed by atoms with E-state index in [1.807, 2.05) is 78.9 Å². The summed E-state index contributed by atoms with van der Waals surface area (Å²) < 4.78 is 0. The average molecular weight is 427 g/mol. The van der Waals surface area contributed by atoms with Gasteiger partial charge in [0.05, 0.1) is 0 Å². The molecule has 2 amide bonds. The van der Waals surface area contributed by atoms with Gasteiger partial charge in [-0.25, -0.2) is 0 Å². The Kier molecular flexibility index (Phi) is 7.34. The Labute approximate surface area is 190 Å². The quantitative estimate of drug-likeness (QED) is 0.541. The van der Waals surface area contributed by atoms with Crippen molar-refractivity contribution in [3.05, 3.63) is 108 Å². The zero-order chi connectivity index (χ0) is 22.2. The summed E-state index contributed by atoms with van der Waals surface area (Å²) in [4.78, 5) is 29.1. The highest BCUT2D eigenvalue weighted by molar-refractivity contribution is 5.98. The van der Waals surface area contributed by atoms with Crippen LogP contribution in [-0.4, -0.2) is 22.8 Å². The highest BCUT2D eigenvalue weighted by Crippen LogP contribution is 2.27. The molecule has 1 N–H and O–H groups in total. The van der Waals surface area contributed by atoms with Gasteiger partial charge in [0.15, 0.2) is 0 Å². The second kappa shape index (κ2) is 10.8. The summed E-state index contributed by atoms with van der Waals surface area (Å²) in [5.74, 6) is -0.259. The van der Waals surface area contributed by atoms with E-state index >= 15 is 0 Å². The summed E-state index contributed by atoms with van der Waals surface area (Å²) in [6.07, 6.45) is 5.49. The van der Waals surface area contributed by atoms with E-state index in [9.17, 15) is 9.59 Å². The number of nitrogens with one attached hydrogen (secondary N) is 1. The van der Waals surface area contributed by atoms with Crippen molar-refractivity contribution in [3.8, 4) is 0 Å². The smallest absolute Gasteiger partial charge is 0.255 e. The second-order valence-electron chi connectivity index (χ2n) is 8.44. The lowest BCUT2D eigenvalue weighted by Gasteiger charge is -2.33. The van der Waals surface area contributed by atoms with E-state index in [0.717, 1.165) is 36.8 Å². The van der Waals surface area contributed by atoms with Crippen LogP contribution in [0.3, 0.4) is 0 Å². The lowest BCUT2D eigenvalue weighted by atomic mass is 9.94. The molecule has 3 aromatic carbocycles. The lowest BCUT2D eigenvalue weighted by Crippen LogP contribution is -2.46. The zero-order valence-electron chi connectivity index (χ0n) is 18.3. The molecule has 0 aliphatic heterocycles. The fraction of sp³-hybridized carbons (Fsp3) is 0.286. The number of carbonyl (C=O) groups is 2. The van der Waals surface area contributed by atoms with Gasteiger partial charge in [-0.1, -0.05) is 98.1 Å². The molecule has 4 heteroatoms. The number of hydrogen-bond acceptors (Lipinski definition) is 2. The van der Waals surface area contributed by atoms with Crippen LogP contribution in [0.4, 0.5) is 0 Å². The monoisotopic (exact) mass is 426 g/mol. The Morgan fingerprint density at radius 2 is 1.34 bits per heavy atom. The molecule has 1 aliphatic rings. The predicted octanol–water partition coefficient (Wildman–Crippen LogP) is 5.52.